The summed E-state index contributed by atoms with van der Waals surface area (Å²) in [5.74, 6) is 0.303. The van der Waals surface area contributed by atoms with Crippen LogP contribution in [0.5, 0.6) is 5.75 Å². The van der Waals surface area contributed by atoms with E-state index in [1.165, 1.54) is 12.1 Å². The average molecular weight is 507 g/mol. The normalized spacial score (nSPS) is 11.2. The Bertz CT molecular complexity index is 1230. The first kappa shape index (κ1) is 24.9. The van der Waals surface area contributed by atoms with E-state index in [1.54, 1.807) is 42.5 Å². The zero-order chi connectivity index (χ0) is 24.0. The molecule has 0 aliphatic rings. The number of halogens is 2. The lowest BCUT2D eigenvalue weighted by Gasteiger charge is -2.11. The highest BCUT2D eigenvalue weighted by atomic mass is 35.5. The Kier molecular flexibility index (Phi) is 8.24. The van der Waals surface area contributed by atoms with Crippen LogP contribution in [0.3, 0.4) is 0 Å². The van der Waals surface area contributed by atoms with Crippen LogP contribution in [0.25, 0.3) is 0 Å². The highest BCUT2D eigenvalue weighted by molar-refractivity contribution is 7.92. The van der Waals surface area contributed by atoms with Crippen molar-refractivity contribution in [2.45, 2.75) is 31.6 Å². The molecule has 0 unspecified atom stereocenters. The number of carbonyl (C=O) groups excluding carboxylic acids is 1. The van der Waals surface area contributed by atoms with Crippen molar-refractivity contribution in [2.24, 2.45) is 0 Å². The number of ether oxygens (including phenoxy) is 1. The molecule has 0 atom stereocenters. The third kappa shape index (κ3) is 7.39. The van der Waals surface area contributed by atoms with Gasteiger partial charge in [0.15, 0.2) is 0 Å². The largest absolute Gasteiger partial charge is 0.492 e. The number of sulfonamides is 1. The van der Waals surface area contributed by atoms with Gasteiger partial charge in [-0.1, -0.05) is 29.3 Å². The Hall–Kier alpha value is -2.74. The molecule has 33 heavy (non-hydrogen) atoms. The Balaban J connectivity index is 1.50. The van der Waals surface area contributed by atoms with Gasteiger partial charge in [-0.25, -0.2) is 8.42 Å². The van der Waals surface area contributed by atoms with Crippen LogP contribution < -0.4 is 14.8 Å². The standard InChI is InChI=1S/C24H24Cl2N2O4S/c1-16-12-17(2)14-20(13-16)28-33(30,31)21-8-6-19(7-9-21)27-24(29)4-3-11-32-23-10-5-18(25)15-22(23)26/h5-10,12-15,28H,3-4,11H2,1-2H3,(H,27,29). The van der Waals surface area contributed by atoms with Crippen molar-refractivity contribution < 1.29 is 17.9 Å². The fourth-order valence-electron chi connectivity index (χ4n) is 3.20. The number of hydrogen-bond donors (Lipinski definition) is 2. The van der Waals surface area contributed by atoms with Crippen molar-refractivity contribution in [3.8, 4) is 5.75 Å². The van der Waals surface area contributed by atoms with Gasteiger partial charge in [-0.2, -0.15) is 0 Å². The van der Waals surface area contributed by atoms with Gasteiger partial charge in [0.1, 0.15) is 5.75 Å². The molecular formula is C24H24Cl2N2O4S. The van der Waals surface area contributed by atoms with Crippen molar-refractivity contribution >= 4 is 50.5 Å². The van der Waals surface area contributed by atoms with Crippen LogP contribution in [0, 0.1) is 13.8 Å². The minimum Gasteiger partial charge on any atom is -0.492 e. The third-order valence-corrected chi connectivity index (χ3v) is 6.55. The first-order chi connectivity index (χ1) is 15.6. The predicted octanol–water partition coefficient (Wildman–Crippen LogP) is 6.21. The van der Waals surface area contributed by atoms with Gasteiger partial charge in [0.05, 0.1) is 16.5 Å². The molecule has 1 amide bonds. The van der Waals surface area contributed by atoms with Crippen LogP contribution in [-0.4, -0.2) is 20.9 Å². The molecule has 0 aromatic heterocycles. The number of amides is 1. The quantitative estimate of drug-likeness (QED) is 0.338. The summed E-state index contributed by atoms with van der Waals surface area (Å²) in [4.78, 5) is 12.3. The summed E-state index contributed by atoms with van der Waals surface area (Å²) in [5.41, 5.74) is 2.94. The van der Waals surface area contributed by atoms with Crippen LogP contribution in [0.1, 0.15) is 24.0 Å². The molecular weight excluding hydrogens is 483 g/mol. The van der Waals surface area contributed by atoms with E-state index in [1.807, 2.05) is 19.9 Å². The second-order valence-electron chi connectivity index (χ2n) is 7.58. The molecule has 3 rings (SSSR count). The predicted molar refractivity (Wildman–Crippen MR) is 133 cm³/mol. The van der Waals surface area contributed by atoms with E-state index >= 15 is 0 Å². The number of rotatable bonds is 9. The Morgan fingerprint density at radius 1 is 0.909 bits per heavy atom. The van der Waals surface area contributed by atoms with Gasteiger partial charge in [-0.3, -0.25) is 9.52 Å². The van der Waals surface area contributed by atoms with Crippen LogP contribution in [0.2, 0.25) is 10.0 Å². The monoisotopic (exact) mass is 506 g/mol. The van der Waals surface area contributed by atoms with Gasteiger partial charge in [-0.05, 0) is 86.0 Å². The van der Waals surface area contributed by atoms with Crippen molar-refractivity contribution in [1.29, 1.82) is 0 Å². The zero-order valence-corrected chi connectivity index (χ0v) is 20.5. The van der Waals surface area contributed by atoms with Gasteiger partial charge >= 0.3 is 0 Å². The van der Waals surface area contributed by atoms with Gasteiger partial charge in [-0.15, -0.1) is 0 Å². The zero-order valence-electron chi connectivity index (χ0n) is 18.2. The van der Waals surface area contributed by atoms with Crippen LogP contribution in [0.15, 0.2) is 65.6 Å². The van der Waals surface area contributed by atoms with Crippen molar-refractivity contribution in [3.63, 3.8) is 0 Å². The molecule has 6 nitrogen and oxygen atoms in total. The van der Waals surface area contributed by atoms with Crippen molar-refractivity contribution in [2.75, 3.05) is 16.6 Å². The summed E-state index contributed by atoms with van der Waals surface area (Å²) in [7, 11) is -3.74. The Labute approximate surface area is 203 Å². The molecule has 3 aromatic rings. The van der Waals surface area contributed by atoms with Gasteiger partial charge in [0.2, 0.25) is 5.91 Å². The highest BCUT2D eigenvalue weighted by Crippen LogP contribution is 2.27. The summed E-state index contributed by atoms with van der Waals surface area (Å²) in [6, 6.07) is 16.5. The molecule has 0 radical (unpaired) electrons. The lowest BCUT2D eigenvalue weighted by Crippen LogP contribution is -2.14. The Morgan fingerprint density at radius 3 is 2.21 bits per heavy atom. The summed E-state index contributed by atoms with van der Waals surface area (Å²) in [5, 5.41) is 3.68. The van der Waals surface area contributed by atoms with E-state index in [0.717, 1.165) is 11.1 Å². The average Bonchev–Trinajstić information content (AvgIpc) is 2.72. The van der Waals surface area contributed by atoms with Crippen molar-refractivity contribution in [3.05, 3.63) is 81.8 Å². The minimum absolute atomic E-state index is 0.105. The maximum atomic E-state index is 12.7. The van der Waals surface area contributed by atoms with Crippen molar-refractivity contribution in [1.82, 2.24) is 0 Å². The Morgan fingerprint density at radius 2 is 1.58 bits per heavy atom. The summed E-state index contributed by atoms with van der Waals surface area (Å²) >= 11 is 11.9. The van der Waals surface area contributed by atoms with Crippen LogP contribution in [0.4, 0.5) is 11.4 Å². The fourth-order valence-corrected chi connectivity index (χ4v) is 4.70. The van der Waals surface area contributed by atoms with E-state index in [4.69, 9.17) is 27.9 Å². The molecule has 2 N–H and O–H groups in total. The number of aryl methyl sites for hydroxylation is 2. The maximum Gasteiger partial charge on any atom is 0.261 e. The second kappa shape index (κ2) is 10.9. The first-order valence-corrected chi connectivity index (χ1v) is 12.5. The molecule has 3 aromatic carbocycles. The molecule has 0 bridgehead atoms. The summed E-state index contributed by atoms with van der Waals surface area (Å²) < 4.78 is 33.5. The minimum atomic E-state index is -3.74. The highest BCUT2D eigenvalue weighted by Gasteiger charge is 2.15. The van der Waals surface area contributed by atoms with E-state index in [-0.39, 0.29) is 17.2 Å². The lowest BCUT2D eigenvalue weighted by molar-refractivity contribution is -0.116. The molecule has 0 saturated heterocycles. The molecule has 0 aliphatic carbocycles. The molecule has 0 fully saturated rings. The molecule has 0 heterocycles. The number of nitrogens with one attached hydrogen (secondary N) is 2. The molecule has 0 spiro atoms. The fraction of sp³-hybridized carbons (Fsp3) is 0.208. The molecule has 0 saturated carbocycles. The second-order valence-corrected chi connectivity index (χ2v) is 10.1. The summed E-state index contributed by atoms with van der Waals surface area (Å²) in [6.07, 6.45) is 0.719. The number of benzene rings is 3. The summed E-state index contributed by atoms with van der Waals surface area (Å²) in [6.45, 7) is 4.12. The van der Waals surface area contributed by atoms with Crippen LogP contribution >= 0.6 is 23.2 Å². The van der Waals surface area contributed by atoms with Crippen LogP contribution in [-0.2, 0) is 14.8 Å². The number of hydrogen-bond acceptors (Lipinski definition) is 4. The first-order valence-electron chi connectivity index (χ1n) is 10.2. The number of anilines is 2. The molecule has 174 valence electrons. The lowest BCUT2D eigenvalue weighted by atomic mass is 10.1. The topological polar surface area (TPSA) is 84.5 Å². The van der Waals surface area contributed by atoms with Gasteiger partial charge in [0, 0.05) is 22.8 Å². The van der Waals surface area contributed by atoms with Gasteiger partial charge < -0.3 is 10.1 Å². The van der Waals surface area contributed by atoms with E-state index in [2.05, 4.69) is 10.0 Å². The van der Waals surface area contributed by atoms with E-state index in [9.17, 15) is 13.2 Å². The molecule has 0 aliphatic heterocycles. The maximum absolute atomic E-state index is 12.7. The molecule has 9 heteroatoms. The van der Waals surface area contributed by atoms with E-state index in [0.29, 0.717) is 40.2 Å². The number of carbonyl (C=O) groups is 1. The third-order valence-electron chi connectivity index (χ3n) is 4.62. The van der Waals surface area contributed by atoms with Gasteiger partial charge in [0.25, 0.3) is 10.0 Å². The van der Waals surface area contributed by atoms with E-state index < -0.39 is 10.0 Å². The SMILES string of the molecule is Cc1cc(C)cc(NS(=O)(=O)c2ccc(NC(=O)CCCOc3ccc(Cl)cc3Cl)cc2)c1. The smallest absolute Gasteiger partial charge is 0.261 e.